The van der Waals surface area contributed by atoms with Crippen molar-refractivity contribution in [3.8, 4) is 11.4 Å². The molecule has 0 saturated carbocycles. The fourth-order valence-electron chi connectivity index (χ4n) is 3.92. The average molecular weight is 408 g/mol. The zero-order valence-corrected chi connectivity index (χ0v) is 17.0. The number of nitro benzene ring substituents is 1. The molecule has 2 unspecified atom stereocenters. The molecule has 1 aromatic carbocycles. The monoisotopic (exact) mass is 408 g/mol. The van der Waals surface area contributed by atoms with Gasteiger partial charge in [-0.3, -0.25) is 10.1 Å². The van der Waals surface area contributed by atoms with Gasteiger partial charge in [0.2, 0.25) is 0 Å². The quantitative estimate of drug-likeness (QED) is 0.510. The summed E-state index contributed by atoms with van der Waals surface area (Å²) in [6.45, 7) is 3.42. The van der Waals surface area contributed by atoms with Crippen molar-refractivity contribution in [3.05, 3.63) is 64.4 Å². The van der Waals surface area contributed by atoms with E-state index in [4.69, 9.17) is 4.98 Å². The van der Waals surface area contributed by atoms with E-state index in [2.05, 4.69) is 14.9 Å². The fraction of sp³-hybridized carbons (Fsp3) is 0.381. The maximum atomic E-state index is 10.9. The molecule has 0 amide bonds. The minimum atomic E-state index is -0.634. The Labute approximate surface area is 174 Å². The number of aryl methyl sites for hydroxylation is 2. The number of benzene rings is 1. The van der Waals surface area contributed by atoms with E-state index in [1.165, 1.54) is 12.1 Å². The van der Waals surface area contributed by atoms with Crippen molar-refractivity contribution in [2.24, 2.45) is 13.0 Å². The van der Waals surface area contributed by atoms with Gasteiger partial charge in [0.25, 0.3) is 5.69 Å². The van der Waals surface area contributed by atoms with Gasteiger partial charge in [-0.05, 0) is 31.9 Å². The van der Waals surface area contributed by atoms with E-state index in [0.717, 1.165) is 36.5 Å². The van der Waals surface area contributed by atoms with Crippen LogP contribution in [0.15, 0.2) is 42.7 Å². The standard InChI is InChI=1S/C21H24N6O3/c1-14-12-18(24-20(23-14)15-5-7-17(8-6-15)27(29)30)26-10-3-4-16(13-26)19(28)21-22-9-11-25(21)2/h5-9,11-12,16,19,28H,3-4,10,13H2,1-2H3. The Morgan fingerprint density at radius 1 is 1.27 bits per heavy atom. The second-order valence-corrected chi connectivity index (χ2v) is 7.68. The molecular weight excluding hydrogens is 384 g/mol. The Balaban J connectivity index is 1.57. The van der Waals surface area contributed by atoms with Crippen LogP contribution in [0.1, 0.15) is 30.5 Å². The third kappa shape index (κ3) is 4.02. The molecule has 0 spiro atoms. The van der Waals surface area contributed by atoms with Gasteiger partial charge in [-0.2, -0.15) is 0 Å². The molecule has 156 valence electrons. The number of aromatic nitrogens is 4. The van der Waals surface area contributed by atoms with E-state index in [0.29, 0.717) is 18.2 Å². The van der Waals surface area contributed by atoms with E-state index in [-0.39, 0.29) is 11.6 Å². The topological polar surface area (TPSA) is 110 Å². The van der Waals surface area contributed by atoms with E-state index in [9.17, 15) is 15.2 Å². The van der Waals surface area contributed by atoms with Gasteiger partial charge in [0.05, 0.1) is 4.92 Å². The summed E-state index contributed by atoms with van der Waals surface area (Å²) in [5.74, 6) is 2.06. The van der Waals surface area contributed by atoms with Crippen molar-refractivity contribution in [3.63, 3.8) is 0 Å². The second kappa shape index (κ2) is 8.19. The number of rotatable bonds is 5. The molecule has 1 fully saturated rings. The first-order valence-corrected chi connectivity index (χ1v) is 9.93. The van der Waals surface area contributed by atoms with Crippen LogP contribution in [0.5, 0.6) is 0 Å². The zero-order valence-electron chi connectivity index (χ0n) is 17.0. The van der Waals surface area contributed by atoms with Crippen LogP contribution in [0, 0.1) is 23.0 Å². The summed E-state index contributed by atoms with van der Waals surface area (Å²) in [6, 6.07) is 8.19. The Hall–Kier alpha value is -3.33. The molecule has 3 aromatic rings. The number of hydrogen-bond acceptors (Lipinski definition) is 7. The molecule has 2 aromatic heterocycles. The first-order chi connectivity index (χ1) is 14.4. The van der Waals surface area contributed by atoms with Gasteiger partial charge >= 0.3 is 0 Å². The van der Waals surface area contributed by atoms with E-state index < -0.39 is 11.0 Å². The van der Waals surface area contributed by atoms with Crippen LogP contribution in [0.2, 0.25) is 0 Å². The van der Waals surface area contributed by atoms with Crippen LogP contribution in [0.25, 0.3) is 11.4 Å². The summed E-state index contributed by atoms with van der Waals surface area (Å²) in [4.78, 5) is 26.2. The molecule has 0 aliphatic carbocycles. The number of nitrogens with zero attached hydrogens (tertiary/aromatic N) is 6. The minimum absolute atomic E-state index is 0.0359. The lowest BCUT2D eigenvalue weighted by atomic mass is 9.92. The molecule has 2 atom stereocenters. The number of piperidine rings is 1. The molecule has 1 aliphatic rings. The third-order valence-corrected chi connectivity index (χ3v) is 5.53. The van der Waals surface area contributed by atoms with Crippen molar-refractivity contribution < 1.29 is 10.0 Å². The van der Waals surface area contributed by atoms with Gasteiger partial charge in [0, 0.05) is 67.9 Å². The Kier molecular flexibility index (Phi) is 5.45. The summed E-state index contributed by atoms with van der Waals surface area (Å²) in [6.07, 6.45) is 4.77. The van der Waals surface area contributed by atoms with Crippen LogP contribution in [-0.2, 0) is 7.05 Å². The molecule has 9 nitrogen and oxygen atoms in total. The predicted octanol–water partition coefficient (Wildman–Crippen LogP) is 3.04. The number of aliphatic hydroxyl groups is 1. The summed E-state index contributed by atoms with van der Waals surface area (Å²) in [7, 11) is 1.89. The van der Waals surface area contributed by atoms with Gasteiger partial charge in [-0.25, -0.2) is 15.0 Å². The van der Waals surface area contributed by atoms with Crippen molar-refractivity contribution >= 4 is 11.5 Å². The lowest BCUT2D eigenvalue weighted by Gasteiger charge is -2.35. The van der Waals surface area contributed by atoms with Gasteiger partial charge in [0.1, 0.15) is 17.7 Å². The fourth-order valence-corrected chi connectivity index (χ4v) is 3.92. The lowest BCUT2D eigenvalue weighted by molar-refractivity contribution is -0.384. The van der Waals surface area contributed by atoms with Crippen molar-refractivity contribution in [1.29, 1.82) is 0 Å². The maximum absolute atomic E-state index is 10.9. The van der Waals surface area contributed by atoms with E-state index in [1.807, 2.05) is 30.8 Å². The molecule has 0 bridgehead atoms. The summed E-state index contributed by atoms with van der Waals surface area (Å²) >= 11 is 0. The third-order valence-electron chi connectivity index (χ3n) is 5.53. The highest BCUT2D eigenvalue weighted by Crippen LogP contribution is 2.31. The van der Waals surface area contributed by atoms with Crippen LogP contribution < -0.4 is 4.90 Å². The smallest absolute Gasteiger partial charge is 0.269 e. The normalized spacial score (nSPS) is 17.7. The van der Waals surface area contributed by atoms with Crippen molar-refractivity contribution in [2.75, 3.05) is 18.0 Å². The second-order valence-electron chi connectivity index (χ2n) is 7.68. The molecule has 4 rings (SSSR count). The summed E-state index contributed by atoms with van der Waals surface area (Å²) in [5.41, 5.74) is 1.58. The number of non-ortho nitro benzene ring substituents is 1. The van der Waals surface area contributed by atoms with Gasteiger partial charge in [0.15, 0.2) is 5.82 Å². The highest BCUT2D eigenvalue weighted by molar-refractivity contribution is 5.60. The van der Waals surface area contributed by atoms with Gasteiger partial charge in [-0.15, -0.1) is 0 Å². The largest absolute Gasteiger partial charge is 0.385 e. The van der Waals surface area contributed by atoms with Gasteiger partial charge < -0.3 is 14.6 Å². The predicted molar refractivity (Wildman–Crippen MR) is 112 cm³/mol. The maximum Gasteiger partial charge on any atom is 0.269 e. The van der Waals surface area contributed by atoms with Crippen molar-refractivity contribution in [2.45, 2.75) is 25.9 Å². The van der Waals surface area contributed by atoms with Gasteiger partial charge in [-0.1, -0.05) is 0 Å². The zero-order chi connectivity index (χ0) is 21.3. The highest BCUT2D eigenvalue weighted by Gasteiger charge is 2.30. The van der Waals surface area contributed by atoms with E-state index in [1.54, 1.807) is 18.3 Å². The molecule has 1 aliphatic heterocycles. The van der Waals surface area contributed by atoms with Crippen LogP contribution in [0.3, 0.4) is 0 Å². The minimum Gasteiger partial charge on any atom is -0.385 e. The molecule has 0 radical (unpaired) electrons. The van der Waals surface area contributed by atoms with Crippen LogP contribution >= 0.6 is 0 Å². The number of hydrogen-bond donors (Lipinski definition) is 1. The first-order valence-electron chi connectivity index (χ1n) is 9.93. The number of aliphatic hydroxyl groups excluding tert-OH is 1. The molecular formula is C21H24N6O3. The SMILES string of the molecule is Cc1cc(N2CCCC(C(O)c3nccn3C)C2)nc(-c2ccc([N+](=O)[O-])cc2)n1. The number of nitro groups is 1. The van der Waals surface area contributed by atoms with Crippen LogP contribution in [-0.4, -0.2) is 42.6 Å². The Morgan fingerprint density at radius 3 is 2.70 bits per heavy atom. The molecule has 9 heteroatoms. The number of anilines is 1. The molecule has 1 N–H and O–H groups in total. The lowest BCUT2D eigenvalue weighted by Crippen LogP contribution is -2.39. The molecule has 30 heavy (non-hydrogen) atoms. The Bertz CT molecular complexity index is 1050. The summed E-state index contributed by atoms with van der Waals surface area (Å²) in [5, 5.41) is 21.7. The van der Waals surface area contributed by atoms with Crippen LogP contribution in [0.4, 0.5) is 11.5 Å². The first kappa shape index (κ1) is 20.0. The number of imidazole rings is 1. The average Bonchev–Trinajstić information content (AvgIpc) is 3.18. The molecule has 1 saturated heterocycles. The van der Waals surface area contributed by atoms with Crippen molar-refractivity contribution in [1.82, 2.24) is 19.5 Å². The van der Waals surface area contributed by atoms with E-state index >= 15 is 0 Å². The Morgan fingerprint density at radius 2 is 2.03 bits per heavy atom. The highest BCUT2D eigenvalue weighted by atomic mass is 16.6. The molecule has 3 heterocycles. The summed E-state index contributed by atoms with van der Waals surface area (Å²) < 4.78 is 1.85.